The van der Waals surface area contributed by atoms with E-state index in [2.05, 4.69) is 15.9 Å². The summed E-state index contributed by atoms with van der Waals surface area (Å²) >= 11 is 3.23. The standard InChI is InChI=1S/C14H18BrFN2O3S/c1-17(22(2,20)21)11-5-7-18(8-6-11)14(19)12-9-10(15)3-4-13(12)16/h3-4,9,11H,5-8H2,1-2H3. The average molecular weight is 393 g/mol. The number of piperidine rings is 1. The number of benzene rings is 1. The summed E-state index contributed by atoms with van der Waals surface area (Å²) in [4.78, 5) is 13.9. The van der Waals surface area contributed by atoms with Gasteiger partial charge in [-0.1, -0.05) is 15.9 Å². The Morgan fingerprint density at radius 2 is 1.95 bits per heavy atom. The van der Waals surface area contributed by atoms with Crippen molar-refractivity contribution in [1.82, 2.24) is 9.21 Å². The van der Waals surface area contributed by atoms with Crippen LogP contribution >= 0.6 is 15.9 Å². The van der Waals surface area contributed by atoms with Crippen LogP contribution in [-0.4, -0.2) is 56.0 Å². The summed E-state index contributed by atoms with van der Waals surface area (Å²) in [5.74, 6) is -0.914. The van der Waals surface area contributed by atoms with Gasteiger partial charge in [-0.2, -0.15) is 0 Å². The van der Waals surface area contributed by atoms with Crippen molar-refractivity contribution in [1.29, 1.82) is 0 Å². The van der Waals surface area contributed by atoms with Crippen molar-refractivity contribution in [3.63, 3.8) is 0 Å². The van der Waals surface area contributed by atoms with Crippen molar-refractivity contribution in [3.8, 4) is 0 Å². The van der Waals surface area contributed by atoms with Gasteiger partial charge in [-0.3, -0.25) is 4.79 Å². The number of halogens is 2. The molecular weight excluding hydrogens is 375 g/mol. The van der Waals surface area contributed by atoms with Gasteiger partial charge in [0, 0.05) is 30.7 Å². The minimum atomic E-state index is -3.24. The third-order valence-corrected chi connectivity index (χ3v) is 5.79. The van der Waals surface area contributed by atoms with Gasteiger partial charge in [-0.05, 0) is 31.0 Å². The summed E-state index contributed by atoms with van der Waals surface area (Å²) in [6, 6.07) is 4.14. The number of amides is 1. The molecular formula is C14H18BrFN2O3S. The normalized spacial score (nSPS) is 17.0. The minimum absolute atomic E-state index is 0.0318. The lowest BCUT2D eigenvalue weighted by molar-refractivity contribution is 0.0681. The zero-order valence-electron chi connectivity index (χ0n) is 12.4. The predicted octanol–water partition coefficient (Wildman–Crippen LogP) is 2.08. The Bertz CT molecular complexity index is 673. The largest absolute Gasteiger partial charge is 0.338 e. The highest BCUT2D eigenvalue weighted by Crippen LogP contribution is 2.22. The van der Waals surface area contributed by atoms with E-state index in [1.54, 1.807) is 18.0 Å². The molecule has 1 aliphatic heterocycles. The Hall–Kier alpha value is -0.990. The molecule has 1 fully saturated rings. The van der Waals surface area contributed by atoms with Crippen molar-refractivity contribution < 1.29 is 17.6 Å². The zero-order valence-corrected chi connectivity index (χ0v) is 14.8. The van der Waals surface area contributed by atoms with E-state index in [1.165, 1.54) is 22.7 Å². The first-order chi connectivity index (χ1) is 10.2. The first kappa shape index (κ1) is 17.4. The van der Waals surface area contributed by atoms with E-state index in [0.717, 1.165) is 0 Å². The van der Waals surface area contributed by atoms with Crippen LogP contribution in [0.4, 0.5) is 4.39 Å². The van der Waals surface area contributed by atoms with Crippen LogP contribution in [0, 0.1) is 5.82 Å². The van der Waals surface area contributed by atoms with E-state index in [0.29, 0.717) is 30.4 Å². The maximum absolute atomic E-state index is 13.8. The van der Waals surface area contributed by atoms with Crippen molar-refractivity contribution in [3.05, 3.63) is 34.1 Å². The van der Waals surface area contributed by atoms with Crippen LogP contribution < -0.4 is 0 Å². The monoisotopic (exact) mass is 392 g/mol. The van der Waals surface area contributed by atoms with E-state index in [-0.39, 0.29) is 17.5 Å². The lowest BCUT2D eigenvalue weighted by atomic mass is 10.0. The van der Waals surface area contributed by atoms with Gasteiger partial charge < -0.3 is 4.90 Å². The van der Waals surface area contributed by atoms with Gasteiger partial charge >= 0.3 is 0 Å². The summed E-state index contributed by atoms with van der Waals surface area (Å²) in [5.41, 5.74) is 0.0318. The van der Waals surface area contributed by atoms with Crippen LogP contribution in [0.3, 0.4) is 0 Å². The van der Waals surface area contributed by atoms with Crippen LogP contribution in [0.1, 0.15) is 23.2 Å². The Morgan fingerprint density at radius 3 is 2.50 bits per heavy atom. The smallest absolute Gasteiger partial charge is 0.256 e. The van der Waals surface area contributed by atoms with Gasteiger partial charge in [0.15, 0.2) is 0 Å². The number of hydrogen-bond donors (Lipinski definition) is 0. The van der Waals surface area contributed by atoms with Crippen molar-refractivity contribution in [2.45, 2.75) is 18.9 Å². The number of rotatable bonds is 3. The molecule has 0 aromatic heterocycles. The van der Waals surface area contributed by atoms with Gasteiger partial charge in [0.1, 0.15) is 5.82 Å². The van der Waals surface area contributed by atoms with E-state index >= 15 is 0 Å². The van der Waals surface area contributed by atoms with Gasteiger partial charge in [0.25, 0.3) is 5.91 Å². The lowest BCUT2D eigenvalue weighted by Gasteiger charge is -2.35. The molecule has 1 aliphatic rings. The van der Waals surface area contributed by atoms with Crippen LogP contribution in [0.5, 0.6) is 0 Å². The fourth-order valence-electron chi connectivity index (χ4n) is 2.54. The second-order valence-electron chi connectivity index (χ2n) is 5.43. The van der Waals surface area contributed by atoms with E-state index in [4.69, 9.17) is 0 Å². The second kappa shape index (κ2) is 6.64. The molecule has 0 N–H and O–H groups in total. The van der Waals surface area contributed by atoms with E-state index in [9.17, 15) is 17.6 Å². The molecule has 0 aliphatic carbocycles. The van der Waals surface area contributed by atoms with Crippen molar-refractivity contribution in [2.75, 3.05) is 26.4 Å². The summed E-state index contributed by atoms with van der Waals surface area (Å²) in [6.45, 7) is 0.824. The van der Waals surface area contributed by atoms with E-state index < -0.39 is 15.8 Å². The van der Waals surface area contributed by atoms with Gasteiger partial charge in [-0.15, -0.1) is 0 Å². The highest BCUT2D eigenvalue weighted by molar-refractivity contribution is 9.10. The SMILES string of the molecule is CN(C1CCN(C(=O)c2cc(Br)ccc2F)CC1)S(C)(=O)=O. The van der Waals surface area contributed by atoms with Crippen LogP contribution in [0.15, 0.2) is 22.7 Å². The number of nitrogens with zero attached hydrogens (tertiary/aromatic N) is 2. The third kappa shape index (κ3) is 3.85. The molecule has 1 aromatic carbocycles. The molecule has 0 unspecified atom stereocenters. The fourth-order valence-corrected chi connectivity index (χ4v) is 3.65. The number of carbonyl (C=O) groups excluding carboxylic acids is 1. The highest BCUT2D eigenvalue weighted by atomic mass is 79.9. The molecule has 5 nitrogen and oxygen atoms in total. The Morgan fingerprint density at radius 1 is 1.36 bits per heavy atom. The predicted molar refractivity (Wildman–Crippen MR) is 85.6 cm³/mol. The van der Waals surface area contributed by atoms with Gasteiger partial charge in [0.05, 0.1) is 11.8 Å². The molecule has 0 saturated carbocycles. The average Bonchev–Trinajstić information content (AvgIpc) is 2.47. The highest BCUT2D eigenvalue weighted by Gasteiger charge is 2.30. The zero-order chi connectivity index (χ0) is 16.5. The van der Waals surface area contributed by atoms with Crippen molar-refractivity contribution >= 4 is 31.9 Å². The summed E-state index contributed by atoms with van der Waals surface area (Å²) in [5, 5.41) is 0. The molecule has 1 amide bonds. The maximum Gasteiger partial charge on any atom is 0.256 e. The third-order valence-electron chi connectivity index (χ3n) is 3.95. The first-order valence-corrected chi connectivity index (χ1v) is 9.51. The maximum atomic E-state index is 13.8. The molecule has 0 spiro atoms. The number of hydrogen-bond acceptors (Lipinski definition) is 3. The summed E-state index contributed by atoms with van der Waals surface area (Å²) in [7, 11) is -1.69. The Kier molecular flexibility index (Phi) is 5.24. The molecule has 122 valence electrons. The van der Waals surface area contributed by atoms with Gasteiger partial charge in [-0.25, -0.2) is 17.1 Å². The molecule has 22 heavy (non-hydrogen) atoms. The second-order valence-corrected chi connectivity index (χ2v) is 8.38. The van der Waals surface area contributed by atoms with Crippen LogP contribution in [0.25, 0.3) is 0 Å². The number of carbonyl (C=O) groups is 1. The Balaban J connectivity index is 2.05. The molecule has 0 bridgehead atoms. The molecule has 8 heteroatoms. The Labute approximate surface area is 138 Å². The molecule has 0 radical (unpaired) electrons. The summed E-state index contributed by atoms with van der Waals surface area (Å²) < 4.78 is 38.8. The minimum Gasteiger partial charge on any atom is -0.338 e. The van der Waals surface area contributed by atoms with Crippen LogP contribution in [-0.2, 0) is 10.0 Å². The number of likely N-dealkylation sites (tertiary alicyclic amines) is 1. The molecule has 1 heterocycles. The molecule has 0 atom stereocenters. The van der Waals surface area contributed by atoms with Gasteiger partial charge in [0.2, 0.25) is 10.0 Å². The lowest BCUT2D eigenvalue weighted by Crippen LogP contribution is -2.47. The van der Waals surface area contributed by atoms with Crippen molar-refractivity contribution in [2.24, 2.45) is 0 Å². The van der Waals surface area contributed by atoms with Crippen LogP contribution in [0.2, 0.25) is 0 Å². The molecule has 1 saturated heterocycles. The van der Waals surface area contributed by atoms with E-state index in [1.807, 2.05) is 0 Å². The number of sulfonamides is 1. The summed E-state index contributed by atoms with van der Waals surface area (Å²) in [6.07, 6.45) is 2.26. The molecule has 2 rings (SSSR count). The first-order valence-electron chi connectivity index (χ1n) is 6.87. The topological polar surface area (TPSA) is 57.7 Å². The fraction of sp³-hybridized carbons (Fsp3) is 0.500. The quantitative estimate of drug-likeness (QED) is 0.790. The molecule has 1 aromatic rings.